The third kappa shape index (κ3) is 5.91. The third-order valence-electron chi connectivity index (χ3n) is 4.51. The molecule has 5 nitrogen and oxygen atoms in total. The highest BCUT2D eigenvalue weighted by Gasteiger charge is 2.25. The monoisotopic (exact) mass is 352 g/mol. The van der Waals surface area contributed by atoms with E-state index in [1.165, 1.54) is 16.1 Å². The van der Waals surface area contributed by atoms with Crippen molar-refractivity contribution in [2.75, 3.05) is 32.4 Å². The normalized spacial score (nSPS) is 18.8. The summed E-state index contributed by atoms with van der Waals surface area (Å²) in [5, 5.41) is 0. The Morgan fingerprint density at radius 3 is 2.62 bits per heavy atom. The molecule has 24 heavy (non-hydrogen) atoms. The minimum atomic E-state index is -3.38. The van der Waals surface area contributed by atoms with Crippen LogP contribution in [-0.4, -0.2) is 56.0 Å². The van der Waals surface area contributed by atoms with E-state index >= 15 is 0 Å². The highest BCUT2D eigenvalue weighted by Crippen LogP contribution is 2.16. The largest absolute Gasteiger partial charge is 0.341 e. The summed E-state index contributed by atoms with van der Waals surface area (Å²) in [6, 6.07) is 9.98. The first-order chi connectivity index (χ1) is 11.4. The minimum Gasteiger partial charge on any atom is -0.341 e. The topological polar surface area (TPSA) is 57.7 Å². The zero-order chi connectivity index (χ0) is 17.6. The summed E-state index contributed by atoms with van der Waals surface area (Å²) in [6.07, 6.45) is 4.83. The molecule has 0 bridgehead atoms. The molecule has 134 valence electrons. The summed E-state index contributed by atoms with van der Waals surface area (Å²) in [5.74, 6) is 0.416. The van der Waals surface area contributed by atoms with Gasteiger partial charge in [-0.2, -0.15) is 4.31 Å². The van der Waals surface area contributed by atoms with Gasteiger partial charge in [-0.25, -0.2) is 8.42 Å². The number of hydrogen-bond acceptors (Lipinski definition) is 3. The predicted octanol–water partition coefficient (Wildman–Crippen LogP) is 2.14. The van der Waals surface area contributed by atoms with E-state index in [4.69, 9.17) is 0 Å². The lowest BCUT2D eigenvalue weighted by atomic mass is 10.0. The molecule has 2 rings (SSSR count). The van der Waals surface area contributed by atoms with Gasteiger partial charge in [-0.15, -0.1) is 0 Å². The Kier molecular flexibility index (Phi) is 6.80. The third-order valence-corrected chi connectivity index (χ3v) is 5.76. The van der Waals surface area contributed by atoms with Crippen LogP contribution in [0.15, 0.2) is 30.3 Å². The summed E-state index contributed by atoms with van der Waals surface area (Å²) in [4.78, 5) is 14.3. The number of carbonyl (C=O) groups is 1. The molecule has 0 radical (unpaired) electrons. The molecule has 1 aromatic rings. The fraction of sp³-hybridized carbons (Fsp3) is 0.611. The second-order valence-corrected chi connectivity index (χ2v) is 8.76. The van der Waals surface area contributed by atoms with Crippen LogP contribution in [0.25, 0.3) is 0 Å². The lowest BCUT2D eigenvalue weighted by Gasteiger charge is -2.32. The molecule has 1 aliphatic heterocycles. The molecule has 1 saturated heterocycles. The summed E-state index contributed by atoms with van der Waals surface area (Å²) in [5.41, 5.74) is 1.18. The first-order valence-electron chi connectivity index (χ1n) is 8.63. The Balaban J connectivity index is 1.89. The molecule has 6 heteroatoms. The smallest absolute Gasteiger partial charge is 0.237 e. The van der Waals surface area contributed by atoms with Crippen LogP contribution in [-0.2, 0) is 21.2 Å². The maximum Gasteiger partial charge on any atom is 0.237 e. The van der Waals surface area contributed by atoms with Crippen LogP contribution >= 0.6 is 0 Å². The van der Waals surface area contributed by atoms with Crippen molar-refractivity contribution in [3.8, 4) is 0 Å². The van der Waals surface area contributed by atoms with Crippen LogP contribution in [0.3, 0.4) is 0 Å². The summed E-state index contributed by atoms with van der Waals surface area (Å²) < 4.78 is 25.3. The predicted molar refractivity (Wildman–Crippen MR) is 96.2 cm³/mol. The molecule has 0 aromatic heterocycles. The Labute approximate surface area is 145 Å². The van der Waals surface area contributed by atoms with Crippen LogP contribution in [0.1, 0.15) is 31.7 Å². The van der Waals surface area contributed by atoms with Crippen molar-refractivity contribution in [1.82, 2.24) is 9.21 Å². The Morgan fingerprint density at radius 2 is 2.00 bits per heavy atom. The molecule has 0 N–H and O–H groups in total. The number of likely N-dealkylation sites (tertiary alicyclic amines) is 1. The molecule has 1 unspecified atom stereocenters. The van der Waals surface area contributed by atoms with Crippen LogP contribution in [0.4, 0.5) is 0 Å². The number of benzene rings is 1. The van der Waals surface area contributed by atoms with Crippen molar-refractivity contribution >= 4 is 15.9 Å². The van der Waals surface area contributed by atoms with E-state index in [9.17, 15) is 13.2 Å². The van der Waals surface area contributed by atoms with E-state index in [1.54, 1.807) is 0 Å². The molecular weight excluding hydrogens is 324 g/mol. The first kappa shape index (κ1) is 18.9. The molecule has 0 saturated carbocycles. The molecule has 0 aliphatic carbocycles. The first-order valence-corrected chi connectivity index (χ1v) is 10.5. The van der Waals surface area contributed by atoms with Crippen molar-refractivity contribution in [3.05, 3.63) is 35.9 Å². The molecule has 1 atom stereocenters. The van der Waals surface area contributed by atoms with Gasteiger partial charge in [-0.1, -0.05) is 37.3 Å². The maximum atomic E-state index is 12.5. The summed E-state index contributed by atoms with van der Waals surface area (Å²) >= 11 is 0. The fourth-order valence-electron chi connectivity index (χ4n) is 3.13. The van der Waals surface area contributed by atoms with Crippen LogP contribution in [0, 0.1) is 5.92 Å². The number of nitrogens with zero attached hydrogens (tertiary/aromatic N) is 2. The zero-order valence-electron chi connectivity index (χ0n) is 14.6. The Hall–Kier alpha value is -1.40. The minimum absolute atomic E-state index is 0.0413. The van der Waals surface area contributed by atoms with E-state index in [-0.39, 0.29) is 12.5 Å². The van der Waals surface area contributed by atoms with Crippen molar-refractivity contribution in [3.63, 3.8) is 0 Å². The Bertz CT molecular complexity index is 631. The van der Waals surface area contributed by atoms with E-state index in [0.29, 0.717) is 18.9 Å². The van der Waals surface area contributed by atoms with Crippen molar-refractivity contribution in [2.45, 2.75) is 32.6 Å². The number of hydrogen-bond donors (Lipinski definition) is 0. The summed E-state index contributed by atoms with van der Waals surface area (Å²) in [6.45, 7) is 3.95. The van der Waals surface area contributed by atoms with Crippen LogP contribution < -0.4 is 0 Å². The second-order valence-electron chi connectivity index (χ2n) is 6.77. The lowest BCUT2D eigenvalue weighted by molar-refractivity contribution is -0.133. The molecule has 1 amide bonds. The van der Waals surface area contributed by atoms with Crippen molar-refractivity contribution in [2.24, 2.45) is 5.92 Å². The fourth-order valence-corrected chi connectivity index (χ4v) is 3.94. The number of aryl methyl sites for hydroxylation is 1. The van der Waals surface area contributed by atoms with Crippen LogP contribution in [0.2, 0.25) is 0 Å². The maximum absolute atomic E-state index is 12.5. The van der Waals surface area contributed by atoms with E-state index in [0.717, 1.165) is 32.4 Å². The second kappa shape index (κ2) is 8.62. The lowest BCUT2D eigenvalue weighted by Crippen LogP contribution is -2.46. The van der Waals surface area contributed by atoms with E-state index in [2.05, 4.69) is 6.92 Å². The average molecular weight is 353 g/mol. The molecule has 1 fully saturated rings. The number of piperidine rings is 1. The zero-order valence-corrected chi connectivity index (χ0v) is 15.5. The van der Waals surface area contributed by atoms with Gasteiger partial charge in [0, 0.05) is 19.6 Å². The highest BCUT2D eigenvalue weighted by molar-refractivity contribution is 7.88. The number of rotatable bonds is 7. The highest BCUT2D eigenvalue weighted by atomic mass is 32.2. The number of carbonyl (C=O) groups excluding carboxylic acids is 1. The van der Waals surface area contributed by atoms with Gasteiger partial charge in [0.25, 0.3) is 0 Å². The molecular formula is C18H28N2O3S. The molecule has 1 aromatic carbocycles. The van der Waals surface area contributed by atoms with Crippen LogP contribution in [0.5, 0.6) is 0 Å². The Morgan fingerprint density at radius 1 is 1.29 bits per heavy atom. The standard InChI is InChI=1S/C18H28N2O3S/c1-16-8-6-12-19(14-16)18(21)15-20(24(2,22)23)13-7-11-17-9-4-3-5-10-17/h3-5,9-10,16H,6-8,11-15H2,1-2H3. The number of sulfonamides is 1. The van der Waals surface area contributed by atoms with Gasteiger partial charge in [-0.3, -0.25) is 4.79 Å². The summed E-state index contributed by atoms with van der Waals surface area (Å²) in [7, 11) is -3.38. The van der Waals surface area contributed by atoms with Gasteiger partial charge < -0.3 is 4.90 Å². The number of amides is 1. The van der Waals surface area contributed by atoms with Gasteiger partial charge in [0.05, 0.1) is 12.8 Å². The van der Waals surface area contributed by atoms with E-state index < -0.39 is 10.0 Å². The van der Waals surface area contributed by atoms with Gasteiger partial charge in [0.15, 0.2) is 0 Å². The SMILES string of the molecule is CC1CCCN(C(=O)CN(CCCc2ccccc2)S(C)(=O)=O)C1. The van der Waals surface area contributed by atoms with Crippen molar-refractivity contribution in [1.29, 1.82) is 0 Å². The van der Waals surface area contributed by atoms with Gasteiger partial charge in [0.1, 0.15) is 0 Å². The van der Waals surface area contributed by atoms with Gasteiger partial charge in [0.2, 0.25) is 15.9 Å². The quantitative estimate of drug-likeness (QED) is 0.755. The van der Waals surface area contributed by atoms with Crippen molar-refractivity contribution < 1.29 is 13.2 Å². The average Bonchev–Trinajstić information content (AvgIpc) is 2.54. The molecule has 1 heterocycles. The molecule has 0 spiro atoms. The van der Waals surface area contributed by atoms with E-state index in [1.807, 2.05) is 35.2 Å². The molecule has 1 aliphatic rings. The van der Waals surface area contributed by atoms with Gasteiger partial charge >= 0.3 is 0 Å². The van der Waals surface area contributed by atoms with Gasteiger partial charge in [-0.05, 0) is 37.2 Å².